The Morgan fingerprint density at radius 2 is 1.58 bits per heavy atom. The number of ether oxygens (including phenoxy) is 1. The van der Waals surface area contributed by atoms with Crippen molar-refractivity contribution in [3.05, 3.63) is 11.3 Å². The Morgan fingerprint density at radius 3 is 1.67 bits per heavy atom. The summed E-state index contributed by atoms with van der Waals surface area (Å²) < 4.78 is 5.20. The Morgan fingerprint density at radius 1 is 1.17 bits per heavy atom. The van der Waals surface area contributed by atoms with E-state index in [1.54, 1.807) is 14.0 Å². The van der Waals surface area contributed by atoms with E-state index in [4.69, 9.17) is 4.74 Å². The molecule has 0 spiro atoms. The molecule has 0 saturated heterocycles. The Bertz CT molecular complexity index is 208. The predicted octanol–water partition coefficient (Wildman–Crippen LogP) is 2.54. The SMILES string of the molecule is COC(=C(C)C)C(C)(C)C(C)=O. The van der Waals surface area contributed by atoms with E-state index in [1.807, 2.05) is 27.7 Å². The van der Waals surface area contributed by atoms with Crippen molar-refractivity contribution in [2.24, 2.45) is 5.41 Å². The molecule has 0 aliphatic rings. The molecule has 0 unspecified atom stereocenters. The Kier molecular flexibility index (Phi) is 3.50. The summed E-state index contributed by atoms with van der Waals surface area (Å²) in [6.07, 6.45) is 0. The third-order valence-electron chi connectivity index (χ3n) is 2.11. The van der Waals surface area contributed by atoms with Gasteiger partial charge in [0.2, 0.25) is 0 Å². The van der Waals surface area contributed by atoms with Crippen molar-refractivity contribution in [2.75, 3.05) is 7.11 Å². The molecule has 0 aromatic carbocycles. The molecule has 0 aliphatic heterocycles. The summed E-state index contributed by atoms with van der Waals surface area (Å²) in [5, 5.41) is 0. The minimum atomic E-state index is -0.492. The summed E-state index contributed by atoms with van der Waals surface area (Å²) in [4.78, 5) is 11.3. The van der Waals surface area contributed by atoms with E-state index in [0.29, 0.717) is 0 Å². The van der Waals surface area contributed by atoms with Crippen LogP contribution in [0.5, 0.6) is 0 Å². The lowest BCUT2D eigenvalue weighted by Gasteiger charge is -2.25. The first-order chi connectivity index (χ1) is 5.34. The van der Waals surface area contributed by atoms with E-state index in [1.165, 1.54) is 0 Å². The van der Waals surface area contributed by atoms with Gasteiger partial charge in [-0.3, -0.25) is 4.79 Å². The van der Waals surface area contributed by atoms with Gasteiger partial charge in [-0.05, 0) is 40.2 Å². The van der Waals surface area contributed by atoms with Gasteiger partial charge in [-0.25, -0.2) is 0 Å². The molecule has 0 atom stereocenters. The maximum atomic E-state index is 11.3. The molecule has 0 aromatic heterocycles. The number of Topliss-reactive ketones (excluding diaryl/α,β-unsaturated/α-hetero) is 1. The quantitative estimate of drug-likeness (QED) is 0.608. The van der Waals surface area contributed by atoms with Gasteiger partial charge in [-0.1, -0.05) is 0 Å². The van der Waals surface area contributed by atoms with E-state index >= 15 is 0 Å². The average molecular weight is 170 g/mol. The molecule has 70 valence electrons. The van der Waals surface area contributed by atoms with Crippen LogP contribution < -0.4 is 0 Å². The van der Waals surface area contributed by atoms with Gasteiger partial charge >= 0.3 is 0 Å². The van der Waals surface area contributed by atoms with Gasteiger partial charge in [0.1, 0.15) is 11.5 Å². The predicted molar refractivity (Wildman–Crippen MR) is 49.8 cm³/mol. The molecule has 2 heteroatoms. The number of methoxy groups -OCH3 is 1. The van der Waals surface area contributed by atoms with Crippen LogP contribution in [0.25, 0.3) is 0 Å². The zero-order chi connectivity index (χ0) is 9.94. The summed E-state index contributed by atoms with van der Waals surface area (Å²) in [6.45, 7) is 9.23. The topological polar surface area (TPSA) is 26.3 Å². The van der Waals surface area contributed by atoms with Crippen LogP contribution in [0.4, 0.5) is 0 Å². The van der Waals surface area contributed by atoms with Gasteiger partial charge in [0.05, 0.1) is 12.5 Å². The fourth-order valence-electron chi connectivity index (χ4n) is 1.24. The lowest BCUT2D eigenvalue weighted by molar-refractivity contribution is -0.124. The van der Waals surface area contributed by atoms with Crippen molar-refractivity contribution in [3.63, 3.8) is 0 Å². The number of carbonyl (C=O) groups is 1. The van der Waals surface area contributed by atoms with Crippen LogP contribution in [0.2, 0.25) is 0 Å². The fourth-order valence-corrected chi connectivity index (χ4v) is 1.24. The molecule has 0 bridgehead atoms. The molecule has 0 rings (SSSR count). The first-order valence-corrected chi connectivity index (χ1v) is 4.07. The van der Waals surface area contributed by atoms with Crippen LogP contribution >= 0.6 is 0 Å². The molecule has 0 radical (unpaired) electrons. The van der Waals surface area contributed by atoms with Crippen LogP contribution in [-0.2, 0) is 9.53 Å². The van der Waals surface area contributed by atoms with Crippen molar-refractivity contribution < 1.29 is 9.53 Å². The number of rotatable bonds is 3. The lowest BCUT2D eigenvalue weighted by atomic mass is 9.85. The van der Waals surface area contributed by atoms with Gasteiger partial charge in [-0.15, -0.1) is 0 Å². The summed E-state index contributed by atoms with van der Waals surface area (Å²) in [5.41, 5.74) is 0.561. The van der Waals surface area contributed by atoms with Crippen molar-refractivity contribution >= 4 is 5.78 Å². The number of ketones is 1. The van der Waals surface area contributed by atoms with Gasteiger partial charge in [0.25, 0.3) is 0 Å². The van der Waals surface area contributed by atoms with Crippen LogP contribution in [0.1, 0.15) is 34.6 Å². The maximum Gasteiger partial charge on any atom is 0.142 e. The Hall–Kier alpha value is -0.790. The Balaban J connectivity index is 5.00. The molecule has 0 saturated carbocycles. The summed E-state index contributed by atoms with van der Waals surface area (Å²) in [6, 6.07) is 0. The van der Waals surface area contributed by atoms with Gasteiger partial charge in [0, 0.05) is 0 Å². The zero-order valence-electron chi connectivity index (χ0n) is 8.82. The standard InChI is InChI=1S/C10H18O2/c1-7(2)9(12-6)10(4,5)8(3)11/h1-6H3. The van der Waals surface area contributed by atoms with Crippen molar-refractivity contribution in [1.82, 2.24) is 0 Å². The molecule has 0 N–H and O–H groups in total. The molecule has 0 amide bonds. The summed E-state index contributed by atoms with van der Waals surface area (Å²) in [5.74, 6) is 0.899. The third-order valence-corrected chi connectivity index (χ3v) is 2.11. The first-order valence-electron chi connectivity index (χ1n) is 4.07. The monoisotopic (exact) mass is 170 g/mol. The van der Waals surface area contributed by atoms with Crippen molar-refractivity contribution in [2.45, 2.75) is 34.6 Å². The minimum Gasteiger partial charge on any atom is -0.500 e. The number of hydrogen-bond acceptors (Lipinski definition) is 2. The van der Waals surface area contributed by atoms with Crippen LogP contribution in [-0.4, -0.2) is 12.9 Å². The molecule has 0 aliphatic carbocycles. The normalized spacial score (nSPS) is 10.8. The van der Waals surface area contributed by atoms with E-state index < -0.39 is 5.41 Å². The van der Waals surface area contributed by atoms with E-state index in [-0.39, 0.29) is 5.78 Å². The first kappa shape index (κ1) is 11.2. The van der Waals surface area contributed by atoms with Crippen molar-refractivity contribution in [3.8, 4) is 0 Å². The minimum absolute atomic E-state index is 0.126. The number of hydrogen-bond donors (Lipinski definition) is 0. The van der Waals surface area contributed by atoms with E-state index in [0.717, 1.165) is 11.3 Å². The van der Waals surface area contributed by atoms with Crippen LogP contribution in [0.3, 0.4) is 0 Å². The maximum absolute atomic E-state index is 11.3. The number of carbonyl (C=O) groups excluding carboxylic acids is 1. The Labute approximate surface area is 74.6 Å². The largest absolute Gasteiger partial charge is 0.500 e. The third kappa shape index (κ3) is 2.10. The van der Waals surface area contributed by atoms with Crippen LogP contribution in [0.15, 0.2) is 11.3 Å². The highest BCUT2D eigenvalue weighted by Gasteiger charge is 2.30. The molecule has 0 aromatic rings. The second-order valence-corrected chi connectivity index (χ2v) is 3.71. The fraction of sp³-hybridized carbons (Fsp3) is 0.700. The van der Waals surface area contributed by atoms with Crippen molar-refractivity contribution in [1.29, 1.82) is 0 Å². The van der Waals surface area contributed by atoms with Crippen LogP contribution in [0, 0.1) is 5.41 Å². The molecular weight excluding hydrogens is 152 g/mol. The summed E-state index contributed by atoms with van der Waals surface area (Å²) in [7, 11) is 1.60. The van der Waals surface area contributed by atoms with Gasteiger partial charge < -0.3 is 4.74 Å². The average Bonchev–Trinajstić information content (AvgIpc) is 1.86. The van der Waals surface area contributed by atoms with E-state index in [2.05, 4.69) is 0 Å². The lowest BCUT2D eigenvalue weighted by Crippen LogP contribution is -2.25. The molecular formula is C10H18O2. The second kappa shape index (κ2) is 3.74. The highest BCUT2D eigenvalue weighted by Crippen LogP contribution is 2.29. The highest BCUT2D eigenvalue weighted by molar-refractivity contribution is 5.84. The molecule has 0 heterocycles. The smallest absolute Gasteiger partial charge is 0.142 e. The molecule has 2 nitrogen and oxygen atoms in total. The molecule has 12 heavy (non-hydrogen) atoms. The van der Waals surface area contributed by atoms with Gasteiger partial charge in [-0.2, -0.15) is 0 Å². The molecule has 0 fully saturated rings. The number of allylic oxidation sites excluding steroid dienone is 2. The second-order valence-electron chi connectivity index (χ2n) is 3.71. The van der Waals surface area contributed by atoms with E-state index in [9.17, 15) is 4.79 Å². The van der Waals surface area contributed by atoms with Gasteiger partial charge in [0.15, 0.2) is 0 Å². The highest BCUT2D eigenvalue weighted by atomic mass is 16.5. The summed E-state index contributed by atoms with van der Waals surface area (Å²) >= 11 is 0. The zero-order valence-corrected chi connectivity index (χ0v) is 8.82.